The lowest BCUT2D eigenvalue weighted by Gasteiger charge is -2.37. The Bertz CT molecular complexity index is 648. The molecule has 2 nitrogen and oxygen atoms in total. The van der Waals surface area contributed by atoms with E-state index in [4.69, 9.17) is 20.8 Å². The molecule has 0 aliphatic rings. The monoisotopic (exact) mass is 348 g/mol. The van der Waals surface area contributed by atoms with Gasteiger partial charge < -0.3 is 9.16 Å². The lowest BCUT2D eigenvalue weighted by atomic mass is 10.2. The van der Waals surface area contributed by atoms with Gasteiger partial charge in [0.05, 0.1) is 5.02 Å². The molecule has 0 fully saturated rings. The molecule has 0 spiro atoms. The molecule has 0 saturated heterocycles. The van der Waals surface area contributed by atoms with E-state index < -0.39 is 8.32 Å². The predicted octanol–water partition coefficient (Wildman–Crippen LogP) is 6.30. The van der Waals surface area contributed by atoms with E-state index in [0.717, 1.165) is 17.1 Å². The fourth-order valence-electron chi connectivity index (χ4n) is 1.87. The third kappa shape index (κ3) is 4.52. The van der Waals surface area contributed by atoms with Gasteiger partial charge in [-0.1, -0.05) is 62.7 Å². The summed E-state index contributed by atoms with van der Waals surface area (Å²) in [7, 11) is -1.96. The van der Waals surface area contributed by atoms with Crippen LogP contribution < -0.4 is 9.16 Å². The normalized spacial score (nSPS) is 12.1. The molecule has 0 saturated carbocycles. The van der Waals surface area contributed by atoms with Gasteiger partial charge in [-0.3, -0.25) is 0 Å². The average molecular weight is 349 g/mol. The average Bonchev–Trinajstić information content (AvgIpc) is 2.48. The second-order valence-electron chi connectivity index (χ2n) is 7.19. The first kappa shape index (κ1) is 17.9. The zero-order chi connectivity index (χ0) is 17.1. The molecule has 0 unspecified atom stereocenters. The maximum Gasteiger partial charge on any atom is 0.250 e. The molecule has 0 amide bonds. The standard InChI is InChI=1S/C19H25ClO2Si/c1-19(2,3)23(4,5)22-18-15(10-9-13-17(18)20)14-21-16-11-7-6-8-12-16/h6-13H,14H2,1-5H3. The molecule has 0 aromatic heterocycles. The summed E-state index contributed by atoms with van der Waals surface area (Å²) in [5.41, 5.74) is 0.978. The van der Waals surface area contributed by atoms with E-state index in [-0.39, 0.29) is 5.04 Å². The summed E-state index contributed by atoms with van der Waals surface area (Å²) in [4.78, 5) is 0. The molecule has 0 N–H and O–H groups in total. The number of hydrogen-bond donors (Lipinski definition) is 0. The van der Waals surface area contributed by atoms with Crippen LogP contribution in [0.25, 0.3) is 0 Å². The van der Waals surface area contributed by atoms with E-state index >= 15 is 0 Å². The Morgan fingerprint density at radius 2 is 1.61 bits per heavy atom. The van der Waals surface area contributed by atoms with Crippen molar-refractivity contribution in [2.45, 2.75) is 45.5 Å². The fraction of sp³-hybridized carbons (Fsp3) is 0.368. The van der Waals surface area contributed by atoms with E-state index in [2.05, 4.69) is 33.9 Å². The van der Waals surface area contributed by atoms with E-state index in [9.17, 15) is 0 Å². The molecule has 0 aliphatic heterocycles. The highest BCUT2D eigenvalue weighted by Crippen LogP contribution is 2.40. The van der Waals surface area contributed by atoms with E-state index in [1.807, 2.05) is 48.5 Å². The minimum atomic E-state index is -1.96. The number of hydrogen-bond acceptors (Lipinski definition) is 2. The van der Waals surface area contributed by atoms with E-state index in [0.29, 0.717) is 11.6 Å². The van der Waals surface area contributed by atoms with Crippen LogP contribution in [0.15, 0.2) is 48.5 Å². The van der Waals surface area contributed by atoms with Crippen LogP contribution in [0.1, 0.15) is 26.3 Å². The minimum Gasteiger partial charge on any atom is -0.542 e. The van der Waals surface area contributed by atoms with Gasteiger partial charge in [0.15, 0.2) is 0 Å². The number of para-hydroxylation sites is 2. The maximum absolute atomic E-state index is 6.44. The zero-order valence-corrected chi connectivity index (χ0v) is 16.3. The summed E-state index contributed by atoms with van der Waals surface area (Å²) in [6.45, 7) is 11.5. The van der Waals surface area contributed by atoms with Crippen LogP contribution >= 0.6 is 11.6 Å². The molecule has 0 radical (unpaired) electrons. The summed E-state index contributed by atoms with van der Waals surface area (Å²) < 4.78 is 12.3. The van der Waals surface area contributed by atoms with Crippen LogP contribution in [0.5, 0.6) is 11.5 Å². The minimum absolute atomic E-state index is 0.115. The van der Waals surface area contributed by atoms with Crippen molar-refractivity contribution < 1.29 is 9.16 Å². The molecule has 2 aromatic rings. The lowest BCUT2D eigenvalue weighted by molar-refractivity contribution is 0.301. The summed E-state index contributed by atoms with van der Waals surface area (Å²) in [6, 6.07) is 15.6. The smallest absolute Gasteiger partial charge is 0.250 e. The highest BCUT2D eigenvalue weighted by molar-refractivity contribution is 6.74. The van der Waals surface area contributed by atoms with Crippen LogP contribution in [0, 0.1) is 0 Å². The van der Waals surface area contributed by atoms with Gasteiger partial charge in [-0.05, 0) is 36.3 Å². The van der Waals surface area contributed by atoms with Crippen molar-refractivity contribution in [1.29, 1.82) is 0 Å². The number of rotatable bonds is 5. The highest BCUT2D eigenvalue weighted by atomic mass is 35.5. The molecule has 23 heavy (non-hydrogen) atoms. The van der Waals surface area contributed by atoms with Crippen LogP contribution in [0.4, 0.5) is 0 Å². The second kappa shape index (κ2) is 6.98. The van der Waals surface area contributed by atoms with Crippen molar-refractivity contribution in [2.75, 3.05) is 0 Å². The van der Waals surface area contributed by atoms with Gasteiger partial charge >= 0.3 is 0 Å². The topological polar surface area (TPSA) is 18.5 Å². The van der Waals surface area contributed by atoms with E-state index in [1.54, 1.807) is 0 Å². The van der Waals surface area contributed by atoms with Crippen LogP contribution in [-0.4, -0.2) is 8.32 Å². The summed E-state index contributed by atoms with van der Waals surface area (Å²) >= 11 is 6.41. The first-order valence-corrected chi connectivity index (χ1v) is 11.1. The molecule has 0 aliphatic carbocycles. The quantitative estimate of drug-likeness (QED) is 0.590. The highest BCUT2D eigenvalue weighted by Gasteiger charge is 2.39. The first-order chi connectivity index (χ1) is 10.7. The summed E-state index contributed by atoms with van der Waals surface area (Å²) in [6.07, 6.45) is 0. The lowest BCUT2D eigenvalue weighted by Crippen LogP contribution is -2.44. The molecule has 0 bridgehead atoms. The Kier molecular flexibility index (Phi) is 5.43. The van der Waals surface area contributed by atoms with Crippen LogP contribution in [0.2, 0.25) is 23.2 Å². The molecule has 2 rings (SSSR count). The Morgan fingerprint density at radius 3 is 2.22 bits per heavy atom. The van der Waals surface area contributed by atoms with Crippen molar-refractivity contribution in [3.63, 3.8) is 0 Å². The molecular formula is C19H25ClO2Si. The third-order valence-electron chi connectivity index (χ3n) is 4.35. The fourth-order valence-corrected chi connectivity index (χ4v) is 3.22. The Labute approximate surface area is 145 Å². The van der Waals surface area contributed by atoms with Gasteiger partial charge in [0.1, 0.15) is 18.1 Å². The largest absolute Gasteiger partial charge is 0.542 e. The van der Waals surface area contributed by atoms with Gasteiger partial charge in [-0.15, -0.1) is 0 Å². The second-order valence-corrected chi connectivity index (χ2v) is 12.3. The Morgan fingerprint density at radius 1 is 0.957 bits per heavy atom. The van der Waals surface area contributed by atoms with Gasteiger partial charge in [-0.25, -0.2) is 0 Å². The number of ether oxygens (including phenoxy) is 1. The molecule has 124 valence electrons. The number of halogens is 1. The third-order valence-corrected chi connectivity index (χ3v) is 8.97. The molecule has 0 heterocycles. The molecule has 4 heteroatoms. The Hall–Kier alpha value is -1.45. The molecule has 0 atom stereocenters. The molecular weight excluding hydrogens is 324 g/mol. The van der Waals surface area contributed by atoms with Crippen LogP contribution in [-0.2, 0) is 6.61 Å². The summed E-state index contributed by atoms with van der Waals surface area (Å²) in [5, 5.41) is 0.757. The SMILES string of the molecule is CC(C)(C)[Si](C)(C)Oc1c(Cl)cccc1COc1ccccc1. The first-order valence-electron chi connectivity index (χ1n) is 7.85. The van der Waals surface area contributed by atoms with Crippen molar-refractivity contribution in [1.82, 2.24) is 0 Å². The van der Waals surface area contributed by atoms with Gasteiger partial charge in [0.25, 0.3) is 8.32 Å². The predicted molar refractivity (Wildman–Crippen MR) is 100 cm³/mol. The van der Waals surface area contributed by atoms with Crippen LogP contribution in [0.3, 0.4) is 0 Å². The van der Waals surface area contributed by atoms with Gasteiger partial charge in [-0.2, -0.15) is 0 Å². The Balaban J connectivity index is 2.23. The number of benzene rings is 2. The van der Waals surface area contributed by atoms with Gasteiger partial charge in [0, 0.05) is 5.56 Å². The van der Waals surface area contributed by atoms with Crippen molar-refractivity contribution in [3.05, 3.63) is 59.1 Å². The van der Waals surface area contributed by atoms with Crippen molar-refractivity contribution >= 4 is 19.9 Å². The summed E-state index contributed by atoms with van der Waals surface area (Å²) in [5.74, 6) is 1.60. The molecule has 2 aromatic carbocycles. The van der Waals surface area contributed by atoms with Gasteiger partial charge in [0.2, 0.25) is 0 Å². The van der Waals surface area contributed by atoms with Crippen molar-refractivity contribution in [2.24, 2.45) is 0 Å². The van der Waals surface area contributed by atoms with E-state index in [1.165, 1.54) is 0 Å². The zero-order valence-electron chi connectivity index (χ0n) is 14.5. The maximum atomic E-state index is 6.44. The van der Waals surface area contributed by atoms with Crippen molar-refractivity contribution in [3.8, 4) is 11.5 Å².